The van der Waals surface area contributed by atoms with E-state index >= 15 is 0 Å². The minimum absolute atomic E-state index is 0.769. The molecule has 0 aliphatic heterocycles. The van der Waals surface area contributed by atoms with Crippen LogP contribution in [0, 0.1) is 34.6 Å². The van der Waals surface area contributed by atoms with E-state index in [1.54, 1.807) is 0 Å². The van der Waals surface area contributed by atoms with Crippen LogP contribution in [0.4, 0.5) is 5.69 Å². The highest BCUT2D eigenvalue weighted by molar-refractivity contribution is 5.71. The number of fused-ring (bicyclic) bond motifs is 1. The molecule has 0 aliphatic carbocycles. The molecule has 5 heteroatoms. The van der Waals surface area contributed by atoms with Crippen LogP contribution in [0.2, 0.25) is 0 Å². The van der Waals surface area contributed by atoms with Gasteiger partial charge in [-0.25, -0.2) is 9.97 Å². The fraction of sp³-hybridized carbons (Fsp3) is 0.273. The fourth-order valence-electron chi connectivity index (χ4n) is 3.50. The zero-order chi connectivity index (χ0) is 19.1. The van der Waals surface area contributed by atoms with E-state index in [4.69, 9.17) is 4.98 Å². The van der Waals surface area contributed by atoms with E-state index in [-0.39, 0.29) is 0 Å². The summed E-state index contributed by atoms with van der Waals surface area (Å²) in [6.07, 6.45) is 6.01. The Balaban J connectivity index is 1.80. The first-order valence-corrected chi connectivity index (χ1v) is 9.23. The van der Waals surface area contributed by atoms with Crippen molar-refractivity contribution in [3.05, 3.63) is 76.8 Å². The fourth-order valence-corrected chi connectivity index (χ4v) is 3.50. The number of rotatable bonds is 4. The van der Waals surface area contributed by atoms with E-state index in [2.05, 4.69) is 72.9 Å². The quantitative estimate of drug-likeness (QED) is 0.576. The largest absolute Gasteiger partial charge is 0.378 e. The van der Waals surface area contributed by atoms with Gasteiger partial charge >= 0.3 is 0 Å². The summed E-state index contributed by atoms with van der Waals surface area (Å²) in [7, 11) is 0. The average Bonchev–Trinajstić information content (AvgIpc) is 3.19. The van der Waals surface area contributed by atoms with Crippen molar-refractivity contribution in [2.24, 2.45) is 0 Å². The van der Waals surface area contributed by atoms with Crippen molar-refractivity contribution in [2.45, 2.75) is 41.2 Å². The lowest BCUT2D eigenvalue weighted by molar-refractivity contribution is 1.000. The summed E-state index contributed by atoms with van der Waals surface area (Å²) in [4.78, 5) is 9.15. The molecule has 4 rings (SSSR count). The third-order valence-electron chi connectivity index (χ3n) is 5.29. The second-order valence-corrected chi connectivity index (χ2v) is 7.23. The van der Waals surface area contributed by atoms with Crippen molar-refractivity contribution in [2.75, 3.05) is 5.32 Å². The molecular formula is C22H25N5. The molecule has 1 N–H and O–H groups in total. The maximum atomic E-state index is 4.79. The maximum absolute atomic E-state index is 4.79. The third-order valence-corrected chi connectivity index (χ3v) is 5.29. The molecule has 0 amide bonds. The normalized spacial score (nSPS) is 11.3. The summed E-state index contributed by atoms with van der Waals surface area (Å²) in [5.41, 5.74) is 10.2. The number of nitrogens with zero attached hydrogens (tertiary/aromatic N) is 4. The lowest BCUT2D eigenvalue weighted by atomic mass is 10.0. The Morgan fingerprint density at radius 2 is 1.74 bits per heavy atom. The van der Waals surface area contributed by atoms with Crippen molar-refractivity contribution >= 4 is 11.3 Å². The van der Waals surface area contributed by atoms with Gasteiger partial charge in [-0.05, 0) is 57.4 Å². The number of hydrogen-bond donors (Lipinski definition) is 1. The first-order valence-electron chi connectivity index (χ1n) is 9.23. The lowest BCUT2D eigenvalue weighted by Gasteiger charge is -2.14. The number of imidazole rings is 2. The van der Waals surface area contributed by atoms with Gasteiger partial charge in [-0.3, -0.25) is 0 Å². The van der Waals surface area contributed by atoms with Gasteiger partial charge in [0, 0.05) is 24.6 Å². The summed E-state index contributed by atoms with van der Waals surface area (Å²) in [5.74, 6) is 0. The van der Waals surface area contributed by atoms with E-state index in [1.165, 1.54) is 16.7 Å². The molecule has 0 saturated heterocycles. The van der Waals surface area contributed by atoms with Gasteiger partial charge in [-0.1, -0.05) is 18.2 Å². The third kappa shape index (κ3) is 3.10. The molecule has 0 fully saturated rings. The molecule has 3 heterocycles. The van der Waals surface area contributed by atoms with Crippen LogP contribution in [-0.2, 0) is 6.54 Å². The van der Waals surface area contributed by atoms with Gasteiger partial charge in [0.2, 0.25) is 0 Å². The second-order valence-electron chi connectivity index (χ2n) is 7.23. The summed E-state index contributed by atoms with van der Waals surface area (Å²) in [5, 5.41) is 3.63. The predicted octanol–water partition coefficient (Wildman–Crippen LogP) is 4.67. The van der Waals surface area contributed by atoms with Gasteiger partial charge < -0.3 is 14.3 Å². The molecule has 0 aliphatic rings. The van der Waals surface area contributed by atoms with Crippen LogP contribution in [0.1, 0.15) is 33.8 Å². The first kappa shape index (κ1) is 17.3. The Kier molecular flexibility index (Phi) is 4.22. The van der Waals surface area contributed by atoms with Crippen LogP contribution in [-0.4, -0.2) is 18.9 Å². The highest BCUT2D eigenvalue weighted by Crippen LogP contribution is 2.25. The minimum Gasteiger partial charge on any atom is -0.378 e. The van der Waals surface area contributed by atoms with Crippen molar-refractivity contribution in [1.29, 1.82) is 0 Å². The minimum atomic E-state index is 0.769. The van der Waals surface area contributed by atoms with Crippen LogP contribution in [0.25, 0.3) is 11.3 Å². The Bertz CT molecular complexity index is 1110. The second kappa shape index (κ2) is 6.58. The predicted molar refractivity (Wildman–Crippen MR) is 110 cm³/mol. The van der Waals surface area contributed by atoms with Gasteiger partial charge in [-0.2, -0.15) is 0 Å². The lowest BCUT2D eigenvalue weighted by Crippen LogP contribution is -2.06. The van der Waals surface area contributed by atoms with Gasteiger partial charge in [-0.15, -0.1) is 0 Å². The highest BCUT2D eigenvalue weighted by atomic mass is 15.1. The van der Waals surface area contributed by atoms with Crippen LogP contribution >= 0.6 is 0 Å². The number of nitrogens with one attached hydrogen (secondary N) is 1. The maximum Gasteiger partial charge on any atom is 0.160 e. The Labute approximate surface area is 159 Å². The molecule has 0 spiro atoms. The molecule has 27 heavy (non-hydrogen) atoms. The molecule has 138 valence electrons. The van der Waals surface area contributed by atoms with Crippen LogP contribution in [0.5, 0.6) is 0 Å². The number of hydrogen-bond acceptors (Lipinski definition) is 3. The molecule has 0 unspecified atom stereocenters. The number of aryl methyl sites for hydroxylation is 5. The topological polar surface area (TPSA) is 47.2 Å². The Morgan fingerprint density at radius 3 is 2.41 bits per heavy atom. The average molecular weight is 359 g/mol. The number of benzene rings is 1. The van der Waals surface area contributed by atoms with Crippen molar-refractivity contribution in [1.82, 2.24) is 18.9 Å². The van der Waals surface area contributed by atoms with Crippen molar-refractivity contribution < 1.29 is 0 Å². The zero-order valence-electron chi connectivity index (χ0n) is 16.5. The molecule has 3 aromatic heterocycles. The molecule has 4 aromatic rings. The van der Waals surface area contributed by atoms with Gasteiger partial charge in [0.25, 0.3) is 0 Å². The van der Waals surface area contributed by atoms with Crippen LogP contribution < -0.4 is 5.32 Å². The SMILES string of the molecule is Cc1cn(-c2cc(NCc3c(C)cccc3C)c3nc(C)c(C)n3c2)cn1. The van der Waals surface area contributed by atoms with Gasteiger partial charge in [0.15, 0.2) is 5.65 Å². The molecule has 5 nitrogen and oxygen atoms in total. The van der Waals surface area contributed by atoms with Crippen molar-refractivity contribution in [3.63, 3.8) is 0 Å². The van der Waals surface area contributed by atoms with E-state index in [0.717, 1.165) is 40.6 Å². The van der Waals surface area contributed by atoms with E-state index in [9.17, 15) is 0 Å². The molecule has 0 bridgehead atoms. The van der Waals surface area contributed by atoms with Crippen molar-refractivity contribution in [3.8, 4) is 5.69 Å². The first-order chi connectivity index (χ1) is 12.9. The standard InChI is InChI=1S/C22H25N5/c1-14-7-6-8-15(2)20(14)10-23-21-9-19(26-11-16(3)24-13-26)12-27-18(5)17(4)25-22(21)27/h6-9,11-13,23H,10H2,1-5H3. The van der Waals surface area contributed by atoms with Gasteiger partial charge in [0.1, 0.15) is 0 Å². The Morgan fingerprint density at radius 1 is 1.00 bits per heavy atom. The summed E-state index contributed by atoms with van der Waals surface area (Å²) >= 11 is 0. The monoisotopic (exact) mass is 359 g/mol. The van der Waals surface area contributed by atoms with Crippen LogP contribution in [0.15, 0.2) is 43.0 Å². The smallest absolute Gasteiger partial charge is 0.160 e. The van der Waals surface area contributed by atoms with Gasteiger partial charge in [0.05, 0.1) is 29.1 Å². The molecule has 0 atom stereocenters. The molecular weight excluding hydrogens is 334 g/mol. The summed E-state index contributed by atoms with van der Waals surface area (Å²) in [6, 6.07) is 8.58. The van der Waals surface area contributed by atoms with Crippen LogP contribution in [0.3, 0.4) is 0 Å². The number of anilines is 1. The number of pyridine rings is 1. The summed E-state index contributed by atoms with van der Waals surface area (Å²) in [6.45, 7) is 11.3. The van der Waals surface area contributed by atoms with E-state index in [0.29, 0.717) is 0 Å². The highest BCUT2D eigenvalue weighted by Gasteiger charge is 2.13. The van der Waals surface area contributed by atoms with E-state index in [1.807, 2.05) is 24.0 Å². The zero-order valence-corrected chi connectivity index (χ0v) is 16.5. The summed E-state index contributed by atoms with van der Waals surface area (Å²) < 4.78 is 4.21. The molecule has 1 aromatic carbocycles. The molecule has 0 radical (unpaired) electrons. The number of aromatic nitrogens is 4. The Hall–Kier alpha value is -3.08. The molecule has 0 saturated carbocycles. The van der Waals surface area contributed by atoms with E-state index < -0.39 is 0 Å².